The van der Waals surface area contributed by atoms with Crippen molar-refractivity contribution in [2.75, 3.05) is 0 Å². The Morgan fingerprint density at radius 1 is 0.868 bits per heavy atom. The van der Waals surface area contributed by atoms with Crippen LogP contribution in [0.2, 0.25) is 0 Å². The van der Waals surface area contributed by atoms with Gasteiger partial charge in [-0.15, -0.1) is 0 Å². The van der Waals surface area contributed by atoms with Crippen LogP contribution in [-0.4, -0.2) is 15.0 Å². The number of hydrogen-bond donors (Lipinski definition) is 1. The fraction of sp³-hybridized carbons (Fsp3) is 0.290. The molecule has 1 amide bonds. The van der Waals surface area contributed by atoms with Crippen molar-refractivity contribution in [1.82, 2.24) is 14.5 Å². The molecule has 0 aliphatic heterocycles. The van der Waals surface area contributed by atoms with Gasteiger partial charge in [0.1, 0.15) is 0 Å². The van der Waals surface area contributed by atoms with Gasteiger partial charge in [0.2, 0.25) is 5.91 Å². The fourth-order valence-corrected chi connectivity index (χ4v) is 5.42. The highest BCUT2D eigenvalue weighted by molar-refractivity contribution is 5.79. The molecule has 38 heavy (non-hydrogen) atoms. The summed E-state index contributed by atoms with van der Waals surface area (Å²) in [7, 11) is 0. The molecule has 1 saturated carbocycles. The Balaban J connectivity index is 1.33. The lowest BCUT2D eigenvalue weighted by molar-refractivity contribution is -0.126. The third-order valence-electron chi connectivity index (χ3n) is 7.57. The van der Waals surface area contributed by atoms with Crippen LogP contribution in [0.4, 0.5) is 0 Å². The van der Waals surface area contributed by atoms with Crippen LogP contribution in [0.15, 0.2) is 88.5 Å². The highest BCUT2D eigenvalue weighted by Gasteiger charge is 2.27. The van der Waals surface area contributed by atoms with Gasteiger partial charge < -0.3 is 5.32 Å². The molecule has 0 radical (unpaired) electrons. The Labute approximate surface area is 221 Å². The number of nitriles is 1. The van der Waals surface area contributed by atoms with E-state index < -0.39 is 0 Å². The maximum absolute atomic E-state index is 13.7. The Morgan fingerprint density at radius 3 is 2.32 bits per heavy atom. The molecular formula is C31H30N4O3. The molecule has 1 aromatic heterocycles. The first-order valence-corrected chi connectivity index (χ1v) is 13.1. The van der Waals surface area contributed by atoms with E-state index in [1.165, 1.54) is 4.57 Å². The molecule has 7 heteroatoms. The molecule has 1 aliphatic carbocycles. The fourth-order valence-electron chi connectivity index (χ4n) is 5.42. The van der Waals surface area contributed by atoms with Crippen molar-refractivity contribution in [2.24, 2.45) is 11.8 Å². The van der Waals surface area contributed by atoms with E-state index in [1.807, 2.05) is 48.5 Å². The molecule has 1 fully saturated rings. The third kappa shape index (κ3) is 5.30. The second kappa shape index (κ2) is 11.3. The van der Waals surface area contributed by atoms with Crippen LogP contribution in [0.1, 0.15) is 42.4 Å². The van der Waals surface area contributed by atoms with E-state index in [2.05, 4.69) is 11.4 Å². The van der Waals surface area contributed by atoms with Crippen molar-refractivity contribution in [2.45, 2.75) is 45.3 Å². The van der Waals surface area contributed by atoms with Crippen molar-refractivity contribution < 1.29 is 4.79 Å². The maximum Gasteiger partial charge on any atom is 0.331 e. The van der Waals surface area contributed by atoms with Gasteiger partial charge in [0, 0.05) is 19.0 Å². The predicted octanol–water partition coefficient (Wildman–Crippen LogP) is 4.21. The Kier molecular flexibility index (Phi) is 7.50. The number of rotatable bonds is 7. The molecular weight excluding hydrogens is 476 g/mol. The number of hydrogen-bond acceptors (Lipinski definition) is 4. The molecule has 0 bridgehead atoms. The van der Waals surface area contributed by atoms with Crippen LogP contribution in [0.3, 0.4) is 0 Å². The van der Waals surface area contributed by atoms with E-state index in [0.717, 1.165) is 36.8 Å². The number of para-hydroxylation sites is 1. The van der Waals surface area contributed by atoms with Crippen molar-refractivity contribution in [3.63, 3.8) is 0 Å². The number of nitrogens with zero attached hydrogens (tertiary/aromatic N) is 3. The summed E-state index contributed by atoms with van der Waals surface area (Å²) in [6.07, 6.45) is 3.02. The number of carbonyl (C=O) groups is 1. The third-order valence-corrected chi connectivity index (χ3v) is 7.57. The van der Waals surface area contributed by atoms with Gasteiger partial charge in [-0.25, -0.2) is 4.79 Å². The van der Waals surface area contributed by atoms with Crippen molar-refractivity contribution in [3.8, 4) is 6.07 Å². The lowest BCUT2D eigenvalue weighted by Gasteiger charge is -2.28. The first-order valence-electron chi connectivity index (χ1n) is 13.1. The standard InChI is InChI=1S/C31H30N4O3/c32-18-25-10-4-5-11-26(25)21-34-28-13-7-6-12-27(28)30(37)35(31(34)38)20-23-14-16-24(17-15-23)29(36)33-19-22-8-2-1-3-9-22/h1-13,23-24H,14-17,19-21H2,(H,33,36). The molecule has 3 aromatic carbocycles. The predicted molar refractivity (Wildman–Crippen MR) is 146 cm³/mol. The summed E-state index contributed by atoms with van der Waals surface area (Å²) >= 11 is 0. The molecule has 1 aliphatic rings. The zero-order valence-electron chi connectivity index (χ0n) is 21.2. The van der Waals surface area contributed by atoms with Crippen LogP contribution >= 0.6 is 0 Å². The van der Waals surface area contributed by atoms with Crippen molar-refractivity contribution in [3.05, 3.63) is 116 Å². The number of fused-ring (bicyclic) bond motifs is 1. The average molecular weight is 507 g/mol. The van der Waals surface area contributed by atoms with E-state index in [9.17, 15) is 19.6 Å². The molecule has 7 nitrogen and oxygen atoms in total. The molecule has 0 spiro atoms. The summed E-state index contributed by atoms with van der Waals surface area (Å²) < 4.78 is 2.94. The van der Waals surface area contributed by atoms with Crippen molar-refractivity contribution in [1.29, 1.82) is 5.26 Å². The highest BCUT2D eigenvalue weighted by Crippen LogP contribution is 2.30. The maximum atomic E-state index is 13.7. The van der Waals surface area contributed by atoms with Crippen LogP contribution in [-0.2, 0) is 24.4 Å². The second-order valence-electron chi connectivity index (χ2n) is 9.99. The number of nitrogens with one attached hydrogen (secondary N) is 1. The molecule has 0 atom stereocenters. The molecule has 0 unspecified atom stereocenters. The van der Waals surface area contributed by atoms with Crippen LogP contribution in [0.5, 0.6) is 0 Å². The summed E-state index contributed by atoms with van der Waals surface area (Å²) in [4.78, 5) is 39.7. The molecule has 192 valence electrons. The summed E-state index contributed by atoms with van der Waals surface area (Å²) in [6, 6.07) is 26.4. The minimum Gasteiger partial charge on any atom is -0.352 e. The first-order chi connectivity index (χ1) is 18.5. The Hall–Kier alpha value is -4.44. The number of aromatic nitrogens is 2. The van der Waals surface area contributed by atoms with Gasteiger partial charge in [-0.1, -0.05) is 60.7 Å². The SMILES string of the molecule is N#Cc1ccccc1Cn1c(=O)n(CC2CCC(C(=O)NCc3ccccc3)CC2)c(=O)c2ccccc21. The summed E-state index contributed by atoms with van der Waals surface area (Å²) in [6.45, 7) is 1.04. The first kappa shape index (κ1) is 25.2. The van der Waals surface area contributed by atoms with E-state index in [0.29, 0.717) is 29.6 Å². The van der Waals surface area contributed by atoms with E-state index in [-0.39, 0.29) is 35.5 Å². The average Bonchev–Trinajstić information content (AvgIpc) is 2.97. The van der Waals surface area contributed by atoms with E-state index >= 15 is 0 Å². The van der Waals surface area contributed by atoms with Gasteiger partial charge in [0.15, 0.2) is 0 Å². The highest BCUT2D eigenvalue weighted by atomic mass is 16.2. The molecule has 1 N–H and O–H groups in total. The summed E-state index contributed by atoms with van der Waals surface area (Å²) in [5.74, 6) is 0.149. The number of carbonyl (C=O) groups excluding carboxylic acids is 1. The normalized spacial score (nSPS) is 17.1. The summed E-state index contributed by atoms with van der Waals surface area (Å²) in [5, 5.41) is 13.0. The lowest BCUT2D eigenvalue weighted by Crippen LogP contribution is -2.42. The van der Waals surface area contributed by atoms with E-state index in [1.54, 1.807) is 34.9 Å². The van der Waals surface area contributed by atoms with Gasteiger partial charge in [-0.2, -0.15) is 5.26 Å². The van der Waals surface area contributed by atoms with Crippen molar-refractivity contribution >= 4 is 16.8 Å². The smallest absolute Gasteiger partial charge is 0.331 e. The van der Waals surface area contributed by atoms with Crippen LogP contribution in [0.25, 0.3) is 10.9 Å². The Morgan fingerprint density at radius 2 is 1.55 bits per heavy atom. The summed E-state index contributed by atoms with van der Waals surface area (Å²) in [5.41, 5.74) is 2.20. The van der Waals surface area contributed by atoms with Gasteiger partial charge in [-0.3, -0.25) is 18.7 Å². The minimum atomic E-state index is -0.371. The number of benzene rings is 3. The monoisotopic (exact) mass is 506 g/mol. The largest absolute Gasteiger partial charge is 0.352 e. The van der Waals surface area contributed by atoms with Crippen LogP contribution in [0, 0.1) is 23.2 Å². The van der Waals surface area contributed by atoms with E-state index in [4.69, 9.17) is 0 Å². The lowest BCUT2D eigenvalue weighted by atomic mass is 9.81. The molecule has 5 rings (SSSR count). The molecule has 1 heterocycles. The van der Waals surface area contributed by atoms with Crippen LogP contribution < -0.4 is 16.6 Å². The van der Waals surface area contributed by atoms with Gasteiger partial charge in [0.25, 0.3) is 5.56 Å². The Bertz CT molecular complexity index is 1610. The van der Waals surface area contributed by atoms with Gasteiger partial charge in [-0.05, 0) is 60.9 Å². The molecule has 0 saturated heterocycles. The zero-order chi connectivity index (χ0) is 26.5. The topological polar surface area (TPSA) is 96.9 Å². The van der Waals surface area contributed by atoms with Gasteiger partial charge >= 0.3 is 5.69 Å². The minimum absolute atomic E-state index is 0.0533. The molecule has 4 aromatic rings. The quantitative estimate of drug-likeness (QED) is 0.406. The van der Waals surface area contributed by atoms with Gasteiger partial charge in [0.05, 0.1) is 29.1 Å². The number of amides is 1. The zero-order valence-corrected chi connectivity index (χ0v) is 21.2. The second-order valence-corrected chi connectivity index (χ2v) is 9.99.